The molecule has 0 radical (unpaired) electrons. The molecule has 0 aliphatic heterocycles. The average molecular weight is 257 g/mol. The van der Waals surface area contributed by atoms with Crippen molar-refractivity contribution in [1.82, 2.24) is 5.32 Å². The molecule has 2 N–H and O–H groups in total. The van der Waals surface area contributed by atoms with Crippen LogP contribution in [0.4, 0.5) is 0 Å². The Balaban J connectivity index is 2.14. The molecule has 1 unspecified atom stereocenters. The SMILES string of the molecule is Cc1ccc(CNCC(O)COC(C)(C)C)s1. The van der Waals surface area contributed by atoms with Gasteiger partial charge in [0.25, 0.3) is 0 Å². The Labute approximate surface area is 108 Å². The number of hydrogen-bond donors (Lipinski definition) is 2. The van der Waals surface area contributed by atoms with Crippen LogP contribution in [0.5, 0.6) is 0 Å². The fourth-order valence-electron chi connectivity index (χ4n) is 1.35. The van der Waals surface area contributed by atoms with Gasteiger partial charge in [0.1, 0.15) is 0 Å². The molecular formula is C13H23NO2S. The van der Waals surface area contributed by atoms with E-state index in [1.165, 1.54) is 9.75 Å². The summed E-state index contributed by atoms with van der Waals surface area (Å²) in [6.07, 6.45) is -0.449. The van der Waals surface area contributed by atoms with E-state index in [4.69, 9.17) is 4.74 Å². The summed E-state index contributed by atoms with van der Waals surface area (Å²) in [5, 5.41) is 12.9. The maximum Gasteiger partial charge on any atom is 0.0898 e. The van der Waals surface area contributed by atoms with Crippen LogP contribution >= 0.6 is 11.3 Å². The van der Waals surface area contributed by atoms with Gasteiger partial charge in [-0.1, -0.05) is 0 Å². The first-order valence-electron chi connectivity index (χ1n) is 5.95. The van der Waals surface area contributed by atoms with Crippen LogP contribution in [0.3, 0.4) is 0 Å². The number of aryl methyl sites for hydroxylation is 1. The minimum atomic E-state index is -0.449. The second kappa shape index (κ2) is 6.50. The van der Waals surface area contributed by atoms with Crippen molar-refractivity contribution in [2.75, 3.05) is 13.2 Å². The molecule has 0 amide bonds. The zero-order chi connectivity index (χ0) is 12.9. The lowest BCUT2D eigenvalue weighted by atomic mass is 10.2. The summed E-state index contributed by atoms with van der Waals surface area (Å²) in [6, 6.07) is 4.23. The van der Waals surface area contributed by atoms with E-state index in [0.29, 0.717) is 13.2 Å². The van der Waals surface area contributed by atoms with Crippen LogP contribution in [0.15, 0.2) is 12.1 Å². The van der Waals surface area contributed by atoms with Crippen LogP contribution in [0.2, 0.25) is 0 Å². The molecule has 0 spiro atoms. The Morgan fingerprint density at radius 3 is 2.65 bits per heavy atom. The summed E-state index contributed by atoms with van der Waals surface area (Å²) in [4.78, 5) is 2.62. The van der Waals surface area contributed by atoms with Gasteiger partial charge < -0.3 is 15.2 Å². The molecule has 4 heteroatoms. The van der Waals surface area contributed by atoms with E-state index in [2.05, 4.69) is 24.4 Å². The Hall–Kier alpha value is -0.420. The zero-order valence-electron chi connectivity index (χ0n) is 11.1. The van der Waals surface area contributed by atoms with Crippen LogP contribution in [-0.2, 0) is 11.3 Å². The van der Waals surface area contributed by atoms with E-state index < -0.39 is 6.10 Å². The molecule has 0 aromatic carbocycles. The largest absolute Gasteiger partial charge is 0.389 e. The van der Waals surface area contributed by atoms with Gasteiger partial charge in [-0.3, -0.25) is 0 Å². The topological polar surface area (TPSA) is 41.5 Å². The molecular weight excluding hydrogens is 234 g/mol. The monoisotopic (exact) mass is 257 g/mol. The van der Waals surface area contributed by atoms with E-state index in [0.717, 1.165) is 6.54 Å². The minimum absolute atomic E-state index is 0.189. The summed E-state index contributed by atoms with van der Waals surface area (Å²) in [6.45, 7) is 9.81. The molecule has 3 nitrogen and oxygen atoms in total. The van der Waals surface area contributed by atoms with Crippen molar-refractivity contribution in [2.24, 2.45) is 0 Å². The summed E-state index contributed by atoms with van der Waals surface area (Å²) in [5.74, 6) is 0. The molecule has 17 heavy (non-hydrogen) atoms. The molecule has 0 bridgehead atoms. The van der Waals surface area contributed by atoms with Crippen molar-refractivity contribution in [2.45, 2.75) is 45.9 Å². The predicted molar refractivity (Wildman–Crippen MR) is 72.5 cm³/mol. The lowest BCUT2D eigenvalue weighted by Gasteiger charge is -2.22. The van der Waals surface area contributed by atoms with Gasteiger partial charge in [-0.05, 0) is 39.8 Å². The number of ether oxygens (including phenoxy) is 1. The van der Waals surface area contributed by atoms with Crippen LogP contribution < -0.4 is 5.32 Å². The number of rotatable bonds is 6. The highest BCUT2D eigenvalue weighted by Crippen LogP contribution is 2.14. The Bertz CT molecular complexity index is 330. The number of aliphatic hydroxyl groups excluding tert-OH is 1. The van der Waals surface area contributed by atoms with Crippen molar-refractivity contribution in [1.29, 1.82) is 0 Å². The second-order valence-corrected chi connectivity index (χ2v) is 6.59. The molecule has 0 aliphatic carbocycles. The van der Waals surface area contributed by atoms with Gasteiger partial charge in [-0.15, -0.1) is 11.3 Å². The maximum atomic E-state index is 9.71. The summed E-state index contributed by atoms with van der Waals surface area (Å²) < 4.78 is 5.51. The number of nitrogens with one attached hydrogen (secondary N) is 1. The Kier molecular flexibility index (Phi) is 5.59. The molecule has 1 rings (SSSR count). The van der Waals surface area contributed by atoms with Gasteiger partial charge in [0, 0.05) is 22.8 Å². The van der Waals surface area contributed by atoms with E-state index in [1.807, 2.05) is 20.8 Å². The number of thiophene rings is 1. The first-order chi connectivity index (χ1) is 7.87. The molecule has 1 aromatic heterocycles. The van der Waals surface area contributed by atoms with Gasteiger partial charge in [0.2, 0.25) is 0 Å². The van der Waals surface area contributed by atoms with E-state index in [1.54, 1.807) is 11.3 Å². The van der Waals surface area contributed by atoms with Gasteiger partial charge in [0.15, 0.2) is 0 Å². The van der Waals surface area contributed by atoms with Crippen molar-refractivity contribution < 1.29 is 9.84 Å². The van der Waals surface area contributed by atoms with Gasteiger partial charge in [-0.25, -0.2) is 0 Å². The highest BCUT2D eigenvalue weighted by Gasteiger charge is 2.13. The lowest BCUT2D eigenvalue weighted by molar-refractivity contribution is -0.0479. The molecule has 1 aromatic rings. The number of hydrogen-bond acceptors (Lipinski definition) is 4. The third-order valence-electron chi connectivity index (χ3n) is 2.18. The number of aliphatic hydroxyl groups is 1. The quantitative estimate of drug-likeness (QED) is 0.822. The fourth-order valence-corrected chi connectivity index (χ4v) is 2.21. The summed E-state index contributed by atoms with van der Waals surface area (Å²) in [7, 11) is 0. The average Bonchev–Trinajstić information content (AvgIpc) is 2.60. The smallest absolute Gasteiger partial charge is 0.0898 e. The Morgan fingerprint density at radius 1 is 1.41 bits per heavy atom. The van der Waals surface area contributed by atoms with Crippen molar-refractivity contribution in [3.63, 3.8) is 0 Å². The van der Waals surface area contributed by atoms with Crippen LogP contribution in [0.1, 0.15) is 30.5 Å². The highest BCUT2D eigenvalue weighted by molar-refractivity contribution is 7.11. The van der Waals surface area contributed by atoms with Crippen molar-refractivity contribution >= 4 is 11.3 Å². The molecule has 0 saturated heterocycles. The van der Waals surface area contributed by atoms with Crippen LogP contribution in [0.25, 0.3) is 0 Å². The Morgan fingerprint density at radius 2 is 2.12 bits per heavy atom. The van der Waals surface area contributed by atoms with Gasteiger partial charge in [-0.2, -0.15) is 0 Å². The maximum absolute atomic E-state index is 9.71. The fraction of sp³-hybridized carbons (Fsp3) is 0.692. The van der Waals surface area contributed by atoms with E-state index >= 15 is 0 Å². The predicted octanol–water partition coefficient (Wildman–Crippen LogP) is 2.32. The van der Waals surface area contributed by atoms with E-state index in [9.17, 15) is 5.11 Å². The first kappa shape index (κ1) is 14.6. The van der Waals surface area contributed by atoms with Crippen molar-refractivity contribution in [3.05, 3.63) is 21.9 Å². The molecule has 0 saturated carbocycles. The van der Waals surface area contributed by atoms with Crippen molar-refractivity contribution in [3.8, 4) is 0 Å². The summed E-state index contributed by atoms with van der Waals surface area (Å²) >= 11 is 1.78. The van der Waals surface area contributed by atoms with Crippen LogP contribution in [-0.4, -0.2) is 30.0 Å². The standard InChI is InChI=1S/C13H23NO2S/c1-10-5-6-12(17-10)8-14-7-11(15)9-16-13(2,3)4/h5-6,11,14-15H,7-9H2,1-4H3. The molecule has 0 aliphatic rings. The lowest BCUT2D eigenvalue weighted by Crippen LogP contribution is -2.33. The van der Waals surface area contributed by atoms with E-state index in [-0.39, 0.29) is 5.60 Å². The molecule has 0 fully saturated rings. The highest BCUT2D eigenvalue weighted by atomic mass is 32.1. The van der Waals surface area contributed by atoms with Gasteiger partial charge >= 0.3 is 0 Å². The van der Waals surface area contributed by atoms with Crippen LogP contribution in [0, 0.1) is 6.92 Å². The second-order valence-electron chi connectivity index (χ2n) is 5.22. The normalized spacial score (nSPS) is 13.9. The third kappa shape index (κ3) is 6.78. The zero-order valence-corrected chi connectivity index (χ0v) is 11.9. The third-order valence-corrected chi connectivity index (χ3v) is 3.18. The molecule has 1 heterocycles. The first-order valence-corrected chi connectivity index (χ1v) is 6.76. The summed E-state index contributed by atoms with van der Waals surface area (Å²) in [5.41, 5.74) is -0.189. The molecule has 1 atom stereocenters. The molecule has 98 valence electrons. The minimum Gasteiger partial charge on any atom is -0.389 e. The van der Waals surface area contributed by atoms with Gasteiger partial charge in [0.05, 0.1) is 18.3 Å².